The Labute approximate surface area is 150 Å². The minimum atomic E-state index is -1.82. The lowest BCUT2D eigenvalue weighted by Gasteiger charge is -2.42. The number of fused-ring (bicyclic) bond motifs is 1. The summed E-state index contributed by atoms with van der Waals surface area (Å²) in [6, 6.07) is 10.5. The number of piperazine rings is 1. The van der Waals surface area contributed by atoms with Gasteiger partial charge in [-0.1, -0.05) is 30.3 Å². The van der Waals surface area contributed by atoms with Crippen LogP contribution in [0.5, 0.6) is 0 Å². The van der Waals surface area contributed by atoms with Gasteiger partial charge in [0.15, 0.2) is 0 Å². The van der Waals surface area contributed by atoms with Crippen LogP contribution in [0.3, 0.4) is 0 Å². The topological polar surface area (TPSA) is 125 Å². The van der Waals surface area contributed by atoms with E-state index in [1.165, 1.54) is 5.56 Å². The molecule has 0 saturated carbocycles. The van der Waals surface area contributed by atoms with Crippen LogP contribution in [0, 0.1) is 0 Å². The summed E-state index contributed by atoms with van der Waals surface area (Å²) >= 11 is 0. The molecule has 0 unspecified atom stereocenters. The van der Waals surface area contributed by atoms with Crippen molar-refractivity contribution in [3.05, 3.63) is 35.9 Å². The van der Waals surface area contributed by atoms with E-state index in [1.807, 2.05) is 23.1 Å². The number of amides is 1. The molecule has 0 aliphatic carbocycles. The van der Waals surface area contributed by atoms with Gasteiger partial charge < -0.3 is 29.9 Å². The monoisotopic (exact) mass is 366 g/mol. The van der Waals surface area contributed by atoms with Crippen molar-refractivity contribution in [1.82, 2.24) is 10.2 Å². The molecule has 1 aromatic carbocycles. The van der Waals surface area contributed by atoms with Gasteiger partial charge in [-0.3, -0.25) is 4.79 Å². The summed E-state index contributed by atoms with van der Waals surface area (Å²) in [6.45, 7) is 3.57. The molecule has 9 heteroatoms. The Morgan fingerprint density at radius 1 is 1.23 bits per heavy atom. The normalized spacial score (nSPS) is 22.0. The van der Waals surface area contributed by atoms with Crippen molar-refractivity contribution in [1.29, 1.82) is 0 Å². The highest BCUT2D eigenvalue weighted by atomic mass is 16.5. The first kappa shape index (κ1) is 19.8. The molecule has 2 fully saturated rings. The summed E-state index contributed by atoms with van der Waals surface area (Å²) in [5.41, 5.74) is 1.17. The second kappa shape index (κ2) is 9.85. The SMILES string of the molecule is O=C(O)C(=O)O.O=C1COC[C@@H]2CN[C@H](COCc3ccccc3)CN12. The predicted octanol–water partition coefficient (Wildman–Crippen LogP) is -0.442. The molecule has 2 saturated heterocycles. The predicted molar refractivity (Wildman–Crippen MR) is 89.5 cm³/mol. The van der Waals surface area contributed by atoms with Crippen LogP contribution in [0.25, 0.3) is 0 Å². The van der Waals surface area contributed by atoms with Gasteiger partial charge in [0.05, 0.1) is 25.9 Å². The molecule has 3 N–H and O–H groups in total. The van der Waals surface area contributed by atoms with Gasteiger partial charge in [0.2, 0.25) is 5.91 Å². The number of nitrogens with zero attached hydrogens (tertiary/aromatic N) is 1. The molecular formula is C17H22N2O7. The van der Waals surface area contributed by atoms with E-state index < -0.39 is 11.9 Å². The van der Waals surface area contributed by atoms with Crippen LogP contribution in [0.2, 0.25) is 0 Å². The van der Waals surface area contributed by atoms with E-state index in [9.17, 15) is 4.79 Å². The number of benzene rings is 1. The highest BCUT2D eigenvalue weighted by molar-refractivity contribution is 6.27. The molecule has 1 amide bonds. The zero-order valence-corrected chi connectivity index (χ0v) is 14.2. The number of morpholine rings is 1. The van der Waals surface area contributed by atoms with Gasteiger partial charge in [-0.2, -0.15) is 0 Å². The van der Waals surface area contributed by atoms with Crippen LogP contribution in [0.4, 0.5) is 0 Å². The molecule has 9 nitrogen and oxygen atoms in total. The van der Waals surface area contributed by atoms with Crippen LogP contribution in [0.15, 0.2) is 30.3 Å². The Morgan fingerprint density at radius 2 is 1.92 bits per heavy atom. The van der Waals surface area contributed by atoms with Crippen LogP contribution >= 0.6 is 0 Å². The van der Waals surface area contributed by atoms with E-state index >= 15 is 0 Å². The number of ether oxygens (including phenoxy) is 2. The zero-order chi connectivity index (χ0) is 18.9. The number of carbonyl (C=O) groups excluding carboxylic acids is 1. The van der Waals surface area contributed by atoms with Gasteiger partial charge in [0.25, 0.3) is 0 Å². The molecule has 0 aromatic heterocycles. The Balaban J connectivity index is 0.000000352. The van der Waals surface area contributed by atoms with Crippen molar-refractivity contribution in [3.8, 4) is 0 Å². The smallest absolute Gasteiger partial charge is 0.414 e. The second-order valence-corrected chi connectivity index (χ2v) is 5.93. The first-order valence-electron chi connectivity index (χ1n) is 8.16. The molecule has 26 heavy (non-hydrogen) atoms. The number of carboxylic acid groups (broad SMARTS) is 2. The summed E-state index contributed by atoms with van der Waals surface area (Å²) in [5, 5.41) is 18.2. The maximum atomic E-state index is 11.8. The largest absolute Gasteiger partial charge is 0.473 e. The number of carbonyl (C=O) groups is 3. The Kier molecular flexibility index (Phi) is 7.52. The van der Waals surface area contributed by atoms with Crippen LogP contribution in [-0.2, 0) is 30.5 Å². The molecule has 0 bridgehead atoms. The lowest BCUT2D eigenvalue weighted by molar-refractivity contribution is -0.159. The summed E-state index contributed by atoms with van der Waals surface area (Å²) in [4.78, 5) is 31.9. The molecule has 2 atom stereocenters. The third kappa shape index (κ3) is 6.10. The summed E-state index contributed by atoms with van der Waals surface area (Å²) in [6.07, 6.45) is 0. The van der Waals surface area contributed by atoms with Gasteiger partial charge in [-0.05, 0) is 5.56 Å². The Morgan fingerprint density at radius 3 is 2.58 bits per heavy atom. The van der Waals surface area contributed by atoms with Gasteiger partial charge >= 0.3 is 11.9 Å². The number of rotatable bonds is 4. The molecule has 0 radical (unpaired) electrons. The van der Waals surface area contributed by atoms with Crippen molar-refractivity contribution < 1.29 is 34.1 Å². The molecule has 142 valence electrons. The highest BCUT2D eigenvalue weighted by Gasteiger charge is 2.34. The molecule has 3 rings (SSSR count). The standard InChI is InChI=1S/C15H20N2O3.C2H2O4/c18-15-11-20-10-14-6-16-13(7-17(14)15)9-19-8-12-4-2-1-3-5-12;3-1(4)2(5)6/h1-5,13-14,16H,6-11H2;(H,3,4)(H,5,6)/t13-,14-;/m0./s1. The minimum absolute atomic E-state index is 0.0933. The van der Waals surface area contributed by atoms with E-state index in [4.69, 9.17) is 29.3 Å². The number of hydrogen-bond acceptors (Lipinski definition) is 6. The van der Waals surface area contributed by atoms with E-state index in [1.54, 1.807) is 0 Å². The fraction of sp³-hybridized carbons (Fsp3) is 0.471. The van der Waals surface area contributed by atoms with Crippen molar-refractivity contribution >= 4 is 17.8 Å². The van der Waals surface area contributed by atoms with Crippen LogP contribution in [0.1, 0.15) is 5.56 Å². The molecule has 2 heterocycles. The maximum Gasteiger partial charge on any atom is 0.414 e. The molecule has 0 spiro atoms. The van der Waals surface area contributed by atoms with Crippen LogP contribution < -0.4 is 5.32 Å². The first-order valence-corrected chi connectivity index (χ1v) is 8.16. The number of aliphatic carboxylic acids is 2. The lowest BCUT2D eigenvalue weighted by atomic mass is 10.1. The van der Waals surface area contributed by atoms with Crippen molar-refractivity contribution in [2.45, 2.75) is 18.7 Å². The average Bonchev–Trinajstić information content (AvgIpc) is 2.64. The third-order valence-electron chi connectivity index (χ3n) is 3.97. The highest BCUT2D eigenvalue weighted by Crippen LogP contribution is 2.13. The van der Waals surface area contributed by atoms with Crippen LogP contribution in [-0.4, -0.2) is 78.0 Å². The Bertz CT molecular complexity index is 611. The van der Waals surface area contributed by atoms with E-state index in [2.05, 4.69) is 17.4 Å². The number of nitrogens with one attached hydrogen (secondary N) is 1. The summed E-state index contributed by atoms with van der Waals surface area (Å²) in [7, 11) is 0. The van der Waals surface area contributed by atoms with E-state index in [-0.39, 0.29) is 24.6 Å². The molecule has 2 aliphatic heterocycles. The van der Waals surface area contributed by atoms with Gasteiger partial charge in [0.1, 0.15) is 6.61 Å². The quantitative estimate of drug-likeness (QED) is 0.612. The first-order chi connectivity index (χ1) is 12.5. The van der Waals surface area contributed by atoms with Crippen molar-refractivity contribution in [3.63, 3.8) is 0 Å². The number of hydrogen-bond donors (Lipinski definition) is 3. The lowest BCUT2D eigenvalue weighted by Crippen LogP contribution is -2.63. The Hall–Kier alpha value is -2.49. The average molecular weight is 366 g/mol. The third-order valence-corrected chi connectivity index (χ3v) is 3.97. The molecule has 1 aromatic rings. The van der Waals surface area contributed by atoms with E-state index in [0.29, 0.717) is 26.4 Å². The minimum Gasteiger partial charge on any atom is -0.473 e. The molecule has 2 aliphatic rings. The van der Waals surface area contributed by atoms with Crippen molar-refractivity contribution in [2.24, 2.45) is 0 Å². The maximum absolute atomic E-state index is 11.8. The van der Waals surface area contributed by atoms with E-state index in [0.717, 1.165) is 6.54 Å². The fourth-order valence-electron chi connectivity index (χ4n) is 2.69. The van der Waals surface area contributed by atoms with Gasteiger partial charge in [-0.15, -0.1) is 0 Å². The summed E-state index contributed by atoms with van der Waals surface area (Å²) in [5.74, 6) is -3.55. The second-order valence-electron chi connectivity index (χ2n) is 5.93. The van der Waals surface area contributed by atoms with Crippen molar-refractivity contribution in [2.75, 3.05) is 32.9 Å². The van der Waals surface area contributed by atoms with Gasteiger partial charge in [-0.25, -0.2) is 9.59 Å². The zero-order valence-electron chi connectivity index (χ0n) is 14.2. The summed E-state index contributed by atoms with van der Waals surface area (Å²) < 4.78 is 11.0. The van der Waals surface area contributed by atoms with Gasteiger partial charge in [0, 0.05) is 19.1 Å². The molecular weight excluding hydrogens is 344 g/mol. The fourth-order valence-corrected chi connectivity index (χ4v) is 2.69. The number of carboxylic acids is 2.